The second kappa shape index (κ2) is 9.69. The number of aryl methyl sites for hydroxylation is 1. The minimum Gasteiger partial charge on any atom is -0.497 e. The van der Waals surface area contributed by atoms with Gasteiger partial charge in [-0.25, -0.2) is 17.2 Å². The van der Waals surface area contributed by atoms with Crippen LogP contribution in [0.4, 0.5) is 14.5 Å². The summed E-state index contributed by atoms with van der Waals surface area (Å²) in [5, 5.41) is 2.69. The fraction of sp³-hybridized carbons (Fsp3) is 0.350. The molecule has 0 aromatic heterocycles. The van der Waals surface area contributed by atoms with Crippen LogP contribution in [0.1, 0.15) is 18.9 Å². The molecule has 1 amide bonds. The summed E-state index contributed by atoms with van der Waals surface area (Å²) in [6.07, 6.45) is 2.27. The quantitative estimate of drug-likeness (QED) is 0.626. The summed E-state index contributed by atoms with van der Waals surface area (Å²) in [6.45, 7) is 1.73. The van der Waals surface area contributed by atoms with Crippen molar-refractivity contribution in [3.8, 4) is 5.75 Å². The molecule has 9 heteroatoms. The molecule has 0 heterocycles. The summed E-state index contributed by atoms with van der Waals surface area (Å²) in [4.78, 5) is 12.4. The van der Waals surface area contributed by atoms with E-state index in [1.807, 2.05) is 24.3 Å². The SMILES string of the molecule is COc1ccc(CCCNC(=O)[C@H](C)N(c2ccc(F)c(F)c2)S(C)(=O)=O)cc1. The third-order valence-electron chi connectivity index (χ3n) is 4.35. The molecule has 0 saturated carbocycles. The Bertz CT molecular complexity index is 949. The molecule has 0 bridgehead atoms. The number of ether oxygens (including phenoxy) is 1. The number of hydrogen-bond acceptors (Lipinski definition) is 4. The van der Waals surface area contributed by atoms with E-state index in [-0.39, 0.29) is 5.69 Å². The highest BCUT2D eigenvalue weighted by molar-refractivity contribution is 7.92. The number of rotatable bonds is 9. The number of nitrogens with zero attached hydrogens (tertiary/aromatic N) is 1. The molecule has 2 rings (SSSR count). The summed E-state index contributed by atoms with van der Waals surface area (Å²) in [5.41, 5.74) is 0.958. The van der Waals surface area contributed by atoms with Crippen molar-refractivity contribution < 1.29 is 26.7 Å². The molecule has 2 aromatic carbocycles. The van der Waals surface area contributed by atoms with Gasteiger partial charge in [0.1, 0.15) is 11.8 Å². The molecule has 29 heavy (non-hydrogen) atoms. The monoisotopic (exact) mass is 426 g/mol. The largest absolute Gasteiger partial charge is 0.497 e. The number of carbonyl (C=O) groups is 1. The number of benzene rings is 2. The van der Waals surface area contributed by atoms with Crippen LogP contribution < -0.4 is 14.4 Å². The lowest BCUT2D eigenvalue weighted by Crippen LogP contribution is -2.48. The Morgan fingerprint density at radius 1 is 1.14 bits per heavy atom. The van der Waals surface area contributed by atoms with Gasteiger partial charge >= 0.3 is 0 Å². The molecule has 6 nitrogen and oxygen atoms in total. The van der Waals surface area contributed by atoms with Gasteiger partial charge in [0.05, 0.1) is 19.1 Å². The van der Waals surface area contributed by atoms with Gasteiger partial charge in [-0.15, -0.1) is 0 Å². The first-order chi connectivity index (χ1) is 13.6. The van der Waals surface area contributed by atoms with Gasteiger partial charge in [0.15, 0.2) is 11.6 Å². The average molecular weight is 426 g/mol. The lowest BCUT2D eigenvalue weighted by atomic mass is 10.1. The van der Waals surface area contributed by atoms with Gasteiger partial charge < -0.3 is 10.1 Å². The van der Waals surface area contributed by atoms with Gasteiger partial charge in [-0.3, -0.25) is 9.10 Å². The first-order valence-corrected chi connectivity index (χ1v) is 10.8. The fourth-order valence-corrected chi connectivity index (χ4v) is 4.04. The molecule has 1 atom stereocenters. The molecule has 0 spiro atoms. The highest BCUT2D eigenvalue weighted by Crippen LogP contribution is 2.23. The highest BCUT2D eigenvalue weighted by Gasteiger charge is 2.29. The number of methoxy groups -OCH3 is 1. The Labute approximate surface area is 169 Å². The van der Waals surface area contributed by atoms with Crippen LogP contribution in [0.25, 0.3) is 0 Å². The predicted octanol–water partition coefficient (Wildman–Crippen LogP) is 2.88. The van der Waals surface area contributed by atoms with Crippen molar-refractivity contribution in [3.63, 3.8) is 0 Å². The first kappa shape index (κ1) is 22.6. The van der Waals surface area contributed by atoms with Gasteiger partial charge in [0.25, 0.3) is 0 Å². The topological polar surface area (TPSA) is 75.7 Å². The number of anilines is 1. The number of sulfonamides is 1. The molecular weight excluding hydrogens is 402 g/mol. The van der Waals surface area contributed by atoms with Crippen LogP contribution in [0.15, 0.2) is 42.5 Å². The van der Waals surface area contributed by atoms with Crippen LogP contribution in [-0.2, 0) is 21.2 Å². The van der Waals surface area contributed by atoms with Crippen molar-refractivity contribution in [2.75, 3.05) is 24.2 Å². The average Bonchev–Trinajstić information content (AvgIpc) is 2.67. The zero-order valence-corrected chi connectivity index (χ0v) is 17.3. The predicted molar refractivity (Wildman–Crippen MR) is 107 cm³/mol. The molecule has 0 aliphatic heterocycles. The maximum atomic E-state index is 13.5. The zero-order chi connectivity index (χ0) is 21.6. The molecule has 158 valence electrons. The Morgan fingerprint density at radius 2 is 1.79 bits per heavy atom. The van der Waals surface area contributed by atoms with E-state index in [0.717, 1.165) is 46.5 Å². The molecule has 1 N–H and O–H groups in total. The Kier molecular flexibility index (Phi) is 7.55. The van der Waals surface area contributed by atoms with Crippen molar-refractivity contribution >= 4 is 21.6 Å². The summed E-state index contributed by atoms with van der Waals surface area (Å²) in [7, 11) is -2.31. The van der Waals surface area contributed by atoms with E-state index in [9.17, 15) is 22.0 Å². The molecule has 0 saturated heterocycles. The van der Waals surface area contributed by atoms with Crippen LogP contribution in [0.5, 0.6) is 5.75 Å². The van der Waals surface area contributed by atoms with Gasteiger partial charge in [-0.1, -0.05) is 12.1 Å². The summed E-state index contributed by atoms with van der Waals surface area (Å²) >= 11 is 0. The van der Waals surface area contributed by atoms with Crippen LogP contribution in [0.2, 0.25) is 0 Å². The van der Waals surface area contributed by atoms with Gasteiger partial charge in [0, 0.05) is 12.6 Å². The summed E-state index contributed by atoms with van der Waals surface area (Å²) in [6, 6.07) is 9.12. The molecular formula is C20H24F2N2O4S. The van der Waals surface area contributed by atoms with Gasteiger partial charge in [0.2, 0.25) is 15.9 Å². The minimum absolute atomic E-state index is 0.118. The number of halogens is 2. The lowest BCUT2D eigenvalue weighted by molar-refractivity contribution is -0.121. The highest BCUT2D eigenvalue weighted by atomic mass is 32.2. The molecule has 0 unspecified atom stereocenters. The smallest absolute Gasteiger partial charge is 0.243 e. The van der Waals surface area contributed by atoms with E-state index in [4.69, 9.17) is 4.74 Å². The number of carbonyl (C=O) groups excluding carboxylic acids is 1. The summed E-state index contributed by atoms with van der Waals surface area (Å²) in [5.74, 6) is -2.06. The van der Waals surface area contributed by atoms with E-state index in [2.05, 4.69) is 5.32 Å². The van der Waals surface area contributed by atoms with E-state index in [1.165, 1.54) is 6.92 Å². The lowest BCUT2D eigenvalue weighted by Gasteiger charge is -2.28. The second-order valence-corrected chi connectivity index (χ2v) is 8.44. The van der Waals surface area contributed by atoms with Crippen LogP contribution in [-0.4, -0.2) is 40.3 Å². The Balaban J connectivity index is 1.98. The standard InChI is InChI=1S/C20H24F2N2O4S/c1-14(24(29(3,26)27)16-8-11-18(21)19(22)13-16)20(25)23-12-4-5-15-6-9-17(28-2)10-7-15/h6-11,13-14H,4-5,12H2,1-3H3,(H,23,25)/t14-/m0/s1. The molecule has 0 radical (unpaired) electrons. The third-order valence-corrected chi connectivity index (χ3v) is 5.59. The van der Waals surface area contributed by atoms with E-state index in [0.29, 0.717) is 13.0 Å². The maximum absolute atomic E-state index is 13.5. The molecule has 2 aromatic rings. The van der Waals surface area contributed by atoms with Crippen molar-refractivity contribution in [1.29, 1.82) is 0 Å². The second-order valence-electron chi connectivity index (χ2n) is 6.58. The van der Waals surface area contributed by atoms with Crippen LogP contribution in [0, 0.1) is 11.6 Å². The number of nitrogens with one attached hydrogen (secondary N) is 1. The third kappa shape index (κ3) is 6.15. The van der Waals surface area contributed by atoms with E-state index in [1.54, 1.807) is 7.11 Å². The Hall–Kier alpha value is -2.68. The van der Waals surface area contributed by atoms with Crippen LogP contribution in [0.3, 0.4) is 0 Å². The van der Waals surface area contributed by atoms with Crippen molar-refractivity contribution in [2.24, 2.45) is 0 Å². The van der Waals surface area contributed by atoms with Gasteiger partial charge in [-0.05, 0) is 49.6 Å². The zero-order valence-electron chi connectivity index (χ0n) is 16.5. The van der Waals surface area contributed by atoms with Crippen molar-refractivity contribution in [2.45, 2.75) is 25.8 Å². The van der Waals surface area contributed by atoms with Crippen molar-refractivity contribution in [3.05, 3.63) is 59.7 Å². The van der Waals surface area contributed by atoms with E-state index < -0.39 is 33.6 Å². The molecule has 0 aliphatic carbocycles. The first-order valence-electron chi connectivity index (χ1n) is 8.98. The summed E-state index contributed by atoms with van der Waals surface area (Å²) < 4.78 is 56.9. The molecule has 0 fully saturated rings. The van der Waals surface area contributed by atoms with E-state index >= 15 is 0 Å². The minimum atomic E-state index is -3.90. The number of amides is 1. The molecule has 0 aliphatic rings. The Morgan fingerprint density at radius 3 is 2.34 bits per heavy atom. The van der Waals surface area contributed by atoms with Crippen LogP contribution >= 0.6 is 0 Å². The van der Waals surface area contributed by atoms with Crippen molar-refractivity contribution in [1.82, 2.24) is 5.32 Å². The normalized spacial score (nSPS) is 12.3. The number of hydrogen-bond donors (Lipinski definition) is 1. The maximum Gasteiger partial charge on any atom is 0.243 e. The fourth-order valence-electron chi connectivity index (χ4n) is 2.87. The van der Waals surface area contributed by atoms with Gasteiger partial charge in [-0.2, -0.15) is 0 Å².